The van der Waals surface area contributed by atoms with Gasteiger partial charge >= 0.3 is 0 Å². The molecule has 0 saturated carbocycles. The number of nitrogens with zero attached hydrogens (tertiary/aromatic N) is 3. The Bertz CT molecular complexity index is 617. The highest BCUT2D eigenvalue weighted by molar-refractivity contribution is 7.84. The molecule has 1 aliphatic rings. The zero-order chi connectivity index (χ0) is 14.7. The minimum absolute atomic E-state index is 0.163. The molecule has 7 heteroatoms. The lowest BCUT2D eigenvalue weighted by Crippen LogP contribution is -2.25. The van der Waals surface area contributed by atoms with Gasteiger partial charge in [0.15, 0.2) is 0 Å². The van der Waals surface area contributed by atoms with Gasteiger partial charge in [-0.3, -0.25) is 8.89 Å². The van der Waals surface area contributed by atoms with Crippen molar-refractivity contribution in [2.45, 2.75) is 31.1 Å². The molecular formula is C14H19N3O2S2. The second-order valence-electron chi connectivity index (χ2n) is 5.29. The van der Waals surface area contributed by atoms with Crippen LogP contribution < -0.4 is 0 Å². The SMILES string of the molecule is Cn1cc(-c2nc(C[S@@](=O)C[C@H]3CCCCO3)cs2)cn1. The van der Waals surface area contributed by atoms with E-state index in [1.54, 1.807) is 22.2 Å². The third kappa shape index (κ3) is 3.99. The average molecular weight is 325 g/mol. The molecule has 0 bridgehead atoms. The second kappa shape index (κ2) is 6.81. The standard InChI is InChI=1S/C14H19N3O2S2/c1-17-7-11(6-15-17)14-16-12(8-20-14)9-21(18)10-13-4-2-3-5-19-13/h6-8,13H,2-5,9-10H2,1H3/t13-,21-/m1/s1. The molecule has 3 rings (SSSR count). The third-order valence-corrected chi connectivity index (χ3v) is 5.76. The van der Waals surface area contributed by atoms with Gasteiger partial charge in [0.2, 0.25) is 0 Å². The van der Waals surface area contributed by atoms with Crippen molar-refractivity contribution in [2.24, 2.45) is 7.05 Å². The highest BCUT2D eigenvalue weighted by atomic mass is 32.2. The van der Waals surface area contributed by atoms with Crippen molar-refractivity contribution in [1.82, 2.24) is 14.8 Å². The van der Waals surface area contributed by atoms with Crippen LogP contribution in [0.25, 0.3) is 10.6 Å². The number of hydrogen-bond acceptors (Lipinski definition) is 5. The topological polar surface area (TPSA) is 57.0 Å². The van der Waals surface area contributed by atoms with Crippen molar-refractivity contribution in [3.63, 3.8) is 0 Å². The summed E-state index contributed by atoms with van der Waals surface area (Å²) < 4.78 is 19.6. The predicted octanol–water partition coefficient (Wildman–Crippen LogP) is 2.36. The van der Waals surface area contributed by atoms with Crippen LogP contribution in [0.15, 0.2) is 17.8 Å². The first-order valence-corrected chi connectivity index (χ1v) is 9.47. The lowest BCUT2D eigenvalue weighted by Gasteiger charge is -2.21. The summed E-state index contributed by atoms with van der Waals surface area (Å²) in [6.07, 6.45) is 7.25. The zero-order valence-corrected chi connectivity index (χ0v) is 13.7. The molecule has 1 fully saturated rings. The highest BCUT2D eigenvalue weighted by Gasteiger charge is 2.18. The van der Waals surface area contributed by atoms with E-state index in [0.29, 0.717) is 11.5 Å². The molecule has 3 heterocycles. The molecule has 0 unspecified atom stereocenters. The summed E-state index contributed by atoms with van der Waals surface area (Å²) in [4.78, 5) is 4.56. The first-order valence-electron chi connectivity index (χ1n) is 7.11. The second-order valence-corrected chi connectivity index (χ2v) is 7.65. The summed E-state index contributed by atoms with van der Waals surface area (Å²) in [5.74, 6) is 1.14. The molecule has 21 heavy (non-hydrogen) atoms. The summed E-state index contributed by atoms with van der Waals surface area (Å²) in [5, 5.41) is 7.07. The van der Waals surface area contributed by atoms with Gasteiger partial charge in [0.1, 0.15) is 5.01 Å². The molecule has 0 aromatic carbocycles. The smallest absolute Gasteiger partial charge is 0.126 e. The maximum atomic E-state index is 12.2. The Morgan fingerprint density at radius 1 is 1.52 bits per heavy atom. The zero-order valence-electron chi connectivity index (χ0n) is 12.0. The molecule has 0 aliphatic carbocycles. The Labute approximate surface area is 130 Å². The number of thiazole rings is 1. The van der Waals surface area contributed by atoms with E-state index < -0.39 is 10.8 Å². The van der Waals surface area contributed by atoms with Gasteiger partial charge < -0.3 is 4.74 Å². The lowest BCUT2D eigenvalue weighted by molar-refractivity contribution is 0.0310. The van der Waals surface area contributed by atoms with Crippen LogP contribution in [-0.2, 0) is 28.3 Å². The van der Waals surface area contributed by atoms with Crippen LogP contribution in [0.1, 0.15) is 25.0 Å². The summed E-state index contributed by atoms with van der Waals surface area (Å²) in [5.41, 5.74) is 1.91. The maximum absolute atomic E-state index is 12.2. The van der Waals surface area contributed by atoms with Gasteiger partial charge in [-0.15, -0.1) is 11.3 Å². The Morgan fingerprint density at radius 2 is 2.43 bits per heavy atom. The molecule has 0 spiro atoms. The van der Waals surface area contributed by atoms with Gasteiger partial charge in [0, 0.05) is 41.6 Å². The van der Waals surface area contributed by atoms with Crippen LogP contribution in [0.2, 0.25) is 0 Å². The van der Waals surface area contributed by atoms with Gasteiger partial charge in [0.25, 0.3) is 0 Å². The molecule has 1 aliphatic heterocycles. The monoisotopic (exact) mass is 325 g/mol. The van der Waals surface area contributed by atoms with Crippen molar-refractivity contribution in [2.75, 3.05) is 12.4 Å². The Morgan fingerprint density at radius 3 is 3.14 bits per heavy atom. The quantitative estimate of drug-likeness (QED) is 0.847. The van der Waals surface area contributed by atoms with E-state index in [-0.39, 0.29) is 6.10 Å². The van der Waals surface area contributed by atoms with Gasteiger partial charge in [-0.2, -0.15) is 5.10 Å². The van der Waals surface area contributed by atoms with E-state index in [1.165, 1.54) is 6.42 Å². The molecule has 0 amide bonds. The largest absolute Gasteiger partial charge is 0.377 e. The molecule has 2 aromatic heterocycles. The number of hydrogen-bond donors (Lipinski definition) is 0. The molecule has 5 nitrogen and oxygen atoms in total. The molecule has 0 N–H and O–H groups in total. The lowest BCUT2D eigenvalue weighted by atomic mass is 10.1. The number of aryl methyl sites for hydroxylation is 1. The summed E-state index contributed by atoms with van der Waals surface area (Å²) in [6.45, 7) is 0.809. The molecule has 114 valence electrons. The molecule has 1 saturated heterocycles. The van der Waals surface area contributed by atoms with E-state index in [4.69, 9.17) is 4.74 Å². The minimum atomic E-state index is -0.908. The molecule has 0 radical (unpaired) electrons. The normalized spacial score (nSPS) is 20.5. The summed E-state index contributed by atoms with van der Waals surface area (Å²) in [7, 11) is 0.978. The molecule has 2 atom stereocenters. The van der Waals surface area contributed by atoms with Gasteiger partial charge in [0.05, 0.1) is 29.5 Å². The van der Waals surface area contributed by atoms with Crippen LogP contribution >= 0.6 is 11.3 Å². The third-order valence-electron chi connectivity index (χ3n) is 3.46. The van der Waals surface area contributed by atoms with Crippen LogP contribution in [0.3, 0.4) is 0 Å². The van der Waals surface area contributed by atoms with Gasteiger partial charge in [-0.05, 0) is 19.3 Å². The summed E-state index contributed by atoms with van der Waals surface area (Å²) >= 11 is 1.57. The van der Waals surface area contributed by atoms with Crippen molar-refractivity contribution in [3.05, 3.63) is 23.5 Å². The molecule has 2 aromatic rings. The van der Waals surface area contributed by atoms with Crippen molar-refractivity contribution in [1.29, 1.82) is 0 Å². The van der Waals surface area contributed by atoms with E-state index in [9.17, 15) is 4.21 Å². The number of ether oxygens (including phenoxy) is 1. The van der Waals surface area contributed by atoms with Crippen molar-refractivity contribution >= 4 is 22.1 Å². The van der Waals surface area contributed by atoms with E-state index in [2.05, 4.69) is 10.1 Å². The minimum Gasteiger partial charge on any atom is -0.377 e. The number of aromatic nitrogens is 3. The van der Waals surface area contributed by atoms with Crippen LogP contribution in [0.4, 0.5) is 0 Å². The highest BCUT2D eigenvalue weighted by Crippen LogP contribution is 2.24. The van der Waals surface area contributed by atoms with Gasteiger partial charge in [-0.25, -0.2) is 4.98 Å². The Hall–Kier alpha value is -1.05. The average Bonchev–Trinajstić information content (AvgIpc) is 3.09. The first kappa shape index (κ1) is 14.9. The van der Waals surface area contributed by atoms with Crippen molar-refractivity contribution in [3.8, 4) is 10.6 Å². The van der Waals surface area contributed by atoms with Crippen LogP contribution in [0.5, 0.6) is 0 Å². The Kier molecular flexibility index (Phi) is 4.82. The summed E-state index contributed by atoms with van der Waals surface area (Å²) in [6, 6.07) is 0. The van der Waals surface area contributed by atoms with E-state index >= 15 is 0 Å². The molecular weight excluding hydrogens is 306 g/mol. The van der Waals surface area contributed by atoms with E-state index in [0.717, 1.165) is 35.7 Å². The van der Waals surface area contributed by atoms with Crippen LogP contribution in [-0.4, -0.2) is 37.4 Å². The first-order chi connectivity index (χ1) is 10.2. The van der Waals surface area contributed by atoms with E-state index in [1.807, 2.05) is 18.6 Å². The fraction of sp³-hybridized carbons (Fsp3) is 0.571. The maximum Gasteiger partial charge on any atom is 0.126 e. The van der Waals surface area contributed by atoms with Crippen molar-refractivity contribution < 1.29 is 8.95 Å². The van der Waals surface area contributed by atoms with Crippen LogP contribution in [0, 0.1) is 0 Å². The van der Waals surface area contributed by atoms with Gasteiger partial charge in [-0.1, -0.05) is 0 Å². The Balaban J connectivity index is 1.57. The fourth-order valence-electron chi connectivity index (χ4n) is 2.41. The fourth-order valence-corrected chi connectivity index (χ4v) is 4.58. The predicted molar refractivity (Wildman–Crippen MR) is 84.6 cm³/mol. The number of rotatable bonds is 5.